The zero-order valence-electron chi connectivity index (χ0n) is 22.4. The van der Waals surface area contributed by atoms with Gasteiger partial charge in [0.25, 0.3) is 5.91 Å². The second-order valence-corrected chi connectivity index (χ2v) is 11.1. The molecule has 4 aromatic rings. The van der Waals surface area contributed by atoms with Crippen LogP contribution in [0.15, 0.2) is 59.9 Å². The number of nitrogens with one attached hydrogen (secondary N) is 3. The number of ketones is 1. The minimum absolute atomic E-state index is 0.0475. The number of rotatable bonds is 4. The SMILES string of the molecule is O=C1CCNc2c1c(C1CC3CCC(C1)N3C(=O)C1=NCNN1)nc1c(-c3ccc(-c4ccccc4)nc3)cnn21. The lowest BCUT2D eigenvalue weighted by molar-refractivity contribution is -0.128. The summed E-state index contributed by atoms with van der Waals surface area (Å²) in [7, 11) is 0. The van der Waals surface area contributed by atoms with E-state index in [0.717, 1.165) is 53.8 Å². The largest absolute Gasteiger partial charge is 0.369 e. The average Bonchev–Trinajstić information content (AvgIpc) is 3.76. The van der Waals surface area contributed by atoms with Crippen molar-refractivity contribution in [2.75, 3.05) is 18.5 Å². The summed E-state index contributed by atoms with van der Waals surface area (Å²) in [5, 5.41) is 8.11. The number of amides is 1. The lowest BCUT2D eigenvalue weighted by atomic mass is 9.84. The number of carbonyl (C=O) groups is 2. The van der Waals surface area contributed by atoms with Gasteiger partial charge in [0, 0.05) is 53.9 Å². The van der Waals surface area contributed by atoms with Crippen LogP contribution in [0, 0.1) is 0 Å². The third-order valence-electron chi connectivity index (χ3n) is 8.82. The Labute approximate surface area is 236 Å². The van der Waals surface area contributed by atoms with Crippen LogP contribution < -0.4 is 16.2 Å². The highest BCUT2D eigenvalue weighted by Gasteiger charge is 2.46. The Morgan fingerprint density at radius 3 is 2.54 bits per heavy atom. The van der Waals surface area contributed by atoms with Crippen LogP contribution in [-0.4, -0.2) is 67.3 Å². The van der Waals surface area contributed by atoms with E-state index in [1.165, 1.54) is 0 Å². The van der Waals surface area contributed by atoms with Crippen molar-refractivity contribution < 1.29 is 9.59 Å². The smallest absolute Gasteiger partial charge is 0.290 e. The fourth-order valence-corrected chi connectivity index (χ4v) is 6.96. The lowest BCUT2D eigenvalue weighted by Gasteiger charge is -2.39. The number of pyridine rings is 1. The summed E-state index contributed by atoms with van der Waals surface area (Å²) >= 11 is 0. The van der Waals surface area contributed by atoms with Gasteiger partial charge in [-0.1, -0.05) is 36.4 Å². The van der Waals surface area contributed by atoms with Gasteiger partial charge in [0.2, 0.25) is 5.84 Å². The van der Waals surface area contributed by atoms with Gasteiger partial charge in [-0.3, -0.25) is 20.0 Å². The fourth-order valence-electron chi connectivity index (χ4n) is 6.96. The van der Waals surface area contributed by atoms with Crippen molar-refractivity contribution in [2.24, 2.45) is 4.99 Å². The van der Waals surface area contributed by atoms with E-state index in [1.54, 1.807) is 10.7 Å². The zero-order chi connectivity index (χ0) is 27.5. The molecule has 3 N–H and O–H groups in total. The van der Waals surface area contributed by atoms with Crippen LogP contribution >= 0.6 is 0 Å². The summed E-state index contributed by atoms with van der Waals surface area (Å²) in [5.74, 6) is 1.21. The summed E-state index contributed by atoms with van der Waals surface area (Å²) in [5.41, 5.74) is 11.7. The highest BCUT2D eigenvalue weighted by atomic mass is 16.2. The van der Waals surface area contributed by atoms with Crippen molar-refractivity contribution in [2.45, 2.75) is 50.1 Å². The quantitative estimate of drug-likeness (QED) is 0.356. The number of Topliss-reactive ketones (excluding diaryl/α,β-unsaturated/α-hetero) is 1. The number of anilines is 1. The van der Waals surface area contributed by atoms with E-state index in [2.05, 4.69) is 26.3 Å². The van der Waals surface area contributed by atoms with E-state index in [4.69, 9.17) is 9.97 Å². The van der Waals surface area contributed by atoms with Crippen molar-refractivity contribution in [1.29, 1.82) is 0 Å². The van der Waals surface area contributed by atoms with Gasteiger partial charge in [-0.05, 0) is 31.7 Å². The molecule has 2 atom stereocenters. The molecule has 206 valence electrons. The molecule has 11 nitrogen and oxygen atoms in total. The topological polar surface area (TPSA) is 129 Å². The second-order valence-electron chi connectivity index (χ2n) is 11.1. The van der Waals surface area contributed by atoms with Gasteiger partial charge >= 0.3 is 0 Å². The van der Waals surface area contributed by atoms with E-state index >= 15 is 0 Å². The van der Waals surface area contributed by atoms with Gasteiger partial charge in [-0.2, -0.15) is 9.61 Å². The predicted octanol–water partition coefficient (Wildman–Crippen LogP) is 3.16. The number of hydrogen-bond acceptors (Lipinski definition) is 9. The molecule has 4 aliphatic rings. The molecule has 41 heavy (non-hydrogen) atoms. The molecule has 4 aliphatic heterocycles. The molecule has 2 saturated heterocycles. The van der Waals surface area contributed by atoms with Gasteiger partial charge in [-0.25, -0.2) is 15.4 Å². The number of aromatic nitrogens is 4. The first kappa shape index (κ1) is 24.2. The summed E-state index contributed by atoms with van der Waals surface area (Å²) in [6.45, 7) is 0.963. The Morgan fingerprint density at radius 2 is 1.80 bits per heavy atom. The molecule has 0 radical (unpaired) electrons. The van der Waals surface area contributed by atoms with Crippen molar-refractivity contribution in [3.8, 4) is 22.4 Å². The Morgan fingerprint density at radius 1 is 0.976 bits per heavy atom. The number of fused-ring (bicyclic) bond motifs is 5. The molecule has 7 heterocycles. The number of carbonyl (C=O) groups excluding carboxylic acids is 2. The molecule has 0 aliphatic carbocycles. The number of hydrazine groups is 1. The predicted molar refractivity (Wildman–Crippen MR) is 153 cm³/mol. The molecule has 2 fully saturated rings. The van der Waals surface area contributed by atoms with Gasteiger partial charge in [0.15, 0.2) is 11.4 Å². The first-order valence-corrected chi connectivity index (χ1v) is 14.2. The van der Waals surface area contributed by atoms with Gasteiger partial charge in [0.1, 0.15) is 12.5 Å². The molecule has 0 saturated carbocycles. The normalized spacial score (nSPS) is 23.2. The Hall–Kier alpha value is -4.64. The van der Waals surface area contributed by atoms with Gasteiger partial charge in [0.05, 0.1) is 23.1 Å². The molecule has 3 aromatic heterocycles. The maximum absolute atomic E-state index is 13.3. The number of aliphatic imine (C=N–C) groups is 1. The fraction of sp³-hybridized carbons (Fsp3) is 0.333. The van der Waals surface area contributed by atoms with Crippen LogP contribution in [0.5, 0.6) is 0 Å². The third kappa shape index (κ3) is 3.91. The van der Waals surface area contributed by atoms with Crippen LogP contribution in [-0.2, 0) is 4.79 Å². The van der Waals surface area contributed by atoms with Crippen molar-refractivity contribution in [3.05, 3.63) is 66.1 Å². The van der Waals surface area contributed by atoms with Crippen LogP contribution in [0.3, 0.4) is 0 Å². The molecule has 2 unspecified atom stereocenters. The van der Waals surface area contributed by atoms with Crippen LogP contribution in [0.25, 0.3) is 28.0 Å². The molecule has 0 spiro atoms. The highest BCUT2D eigenvalue weighted by molar-refractivity contribution is 6.38. The molecule has 1 aromatic carbocycles. The van der Waals surface area contributed by atoms with Gasteiger partial charge in [-0.15, -0.1) is 0 Å². The number of benzene rings is 1. The number of piperidine rings is 1. The zero-order valence-corrected chi connectivity index (χ0v) is 22.4. The second kappa shape index (κ2) is 9.48. The van der Waals surface area contributed by atoms with Crippen LogP contribution in [0.2, 0.25) is 0 Å². The third-order valence-corrected chi connectivity index (χ3v) is 8.82. The average molecular weight is 548 g/mol. The van der Waals surface area contributed by atoms with E-state index < -0.39 is 0 Å². The number of amidine groups is 1. The number of nitrogens with zero attached hydrogens (tertiary/aromatic N) is 6. The molecule has 1 amide bonds. The minimum Gasteiger partial charge on any atom is -0.369 e. The monoisotopic (exact) mass is 547 g/mol. The van der Waals surface area contributed by atoms with Gasteiger partial charge < -0.3 is 10.2 Å². The van der Waals surface area contributed by atoms with Crippen molar-refractivity contribution in [3.63, 3.8) is 0 Å². The minimum atomic E-state index is -0.0475. The number of hydrogen-bond donors (Lipinski definition) is 3. The Kier molecular flexibility index (Phi) is 5.59. The standard InChI is InChI=1S/C30H29N9O2/c40-24-10-11-31-29-25(24)26(19-12-20-7-8-21(13-19)38(20)30(41)27-33-16-34-37-27)36-28-22(15-35-39(28)29)18-6-9-23(32-14-18)17-4-2-1-3-5-17/h1-6,9,14-15,19-21,31,34H,7-8,10-13,16H2,(H,33,37). The highest BCUT2D eigenvalue weighted by Crippen LogP contribution is 2.45. The van der Waals surface area contributed by atoms with Crippen LogP contribution in [0.4, 0.5) is 5.82 Å². The molecular formula is C30H29N9O2. The maximum atomic E-state index is 13.3. The molecular weight excluding hydrogens is 518 g/mol. The van der Waals surface area contributed by atoms with Crippen LogP contribution in [0.1, 0.15) is 54.1 Å². The summed E-state index contributed by atoms with van der Waals surface area (Å²) in [6, 6.07) is 14.3. The molecule has 8 rings (SSSR count). The first-order chi connectivity index (χ1) is 20.2. The summed E-state index contributed by atoms with van der Waals surface area (Å²) in [6.07, 6.45) is 7.52. The molecule has 2 bridgehead atoms. The van der Waals surface area contributed by atoms with E-state index in [0.29, 0.717) is 42.5 Å². The van der Waals surface area contributed by atoms with E-state index in [-0.39, 0.29) is 29.7 Å². The summed E-state index contributed by atoms with van der Waals surface area (Å²) in [4.78, 5) is 42.8. The van der Waals surface area contributed by atoms with E-state index in [1.807, 2.05) is 53.6 Å². The maximum Gasteiger partial charge on any atom is 0.290 e. The Bertz CT molecular complexity index is 1700. The van der Waals surface area contributed by atoms with E-state index in [9.17, 15) is 9.59 Å². The van der Waals surface area contributed by atoms with Crippen molar-refractivity contribution in [1.82, 2.24) is 35.3 Å². The van der Waals surface area contributed by atoms with Crippen molar-refractivity contribution >= 4 is 29.0 Å². The summed E-state index contributed by atoms with van der Waals surface area (Å²) < 4.78 is 1.76. The molecule has 11 heteroatoms. The lowest BCUT2D eigenvalue weighted by Crippen LogP contribution is -2.52. The Balaban J connectivity index is 1.18. The first-order valence-electron chi connectivity index (χ1n) is 14.2.